The summed E-state index contributed by atoms with van der Waals surface area (Å²) in [5.74, 6) is 1.90. The zero-order valence-electron chi connectivity index (χ0n) is 10.7. The number of methoxy groups -OCH3 is 1. The molecular formula is C13H21BrN2O. The van der Waals surface area contributed by atoms with Gasteiger partial charge in [0, 0.05) is 11.0 Å². The molecule has 0 saturated heterocycles. The van der Waals surface area contributed by atoms with Crippen molar-refractivity contribution in [3.8, 4) is 5.75 Å². The minimum atomic E-state index is 0.471. The Hall–Kier alpha value is -0.740. The summed E-state index contributed by atoms with van der Waals surface area (Å²) in [5.41, 5.74) is 6.76. The molecule has 0 radical (unpaired) electrons. The van der Waals surface area contributed by atoms with Crippen molar-refractivity contribution in [2.75, 3.05) is 25.5 Å². The highest BCUT2D eigenvalue weighted by molar-refractivity contribution is 9.10. The summed E-state index contributed by atoms with van der Waals surface area (Å²) in [6.45, 7) is 5.94. The van der Waals surface area contributed by atoms with Gasteiger partial charge in [0.1, 0.15) is 5.75 Å². The van der Waals surface area contributed by atoms with Crippen molar-refractivity contribution >= 4 is 21.6 Å². The second kappa shape index (κ2) is 6.87. The third-order valence-corrected chi connectivity index (χ3v) is 3.46. The lowest BCUT2D eigenvalue weighted by Crippen LogP contribution is -2.27. The Kier molecular flexibility index (Phi) is 5.78. The monoisotopic (exact) mass is 300 g/mol. The smallest absolute Gasteiger partial charge is 0.142 e. The van der Waals surface area contributed by atoms with Crippen molar-refractivity contribution in [3.63, 3.8) is 0 Å². The van der Waals surface area contributed by atoms with E-state index in [1.807, 2.05) is 18.2 Å². The molecule has 0 saturated carbocycles. The molecule has 0 heterocycles. The van der Waals surface area contributed by atoms with Crippen LogP contribution >= 0.6 is 15.9 Å². The average Bonchev–Trinajstić information content (AvgIpc) is 2.29. The number of benzene rings is 1. The highest BCUT2D eigenvalue weighted by atomic mass is 79.9. The zero-order valence-corrected chi connectivity index (χ0v) is 12.3. The number of nitrogens with two attached hydrogens (primary N) is 1. The summed E-state index contributed by atoms with van der Waals surface area (Å²) in [6, 6.07) is 5.93. The molecule has 3 N–H and O–H groups in total. The fourth-order valence-electron chi connectivity index (χ4n) is 1.65. The maximum absolute atomic E-state index is 5.76. The lowest BCUT2D eigenvalue weighted by Gasteiger charge is -2.21. The number of hydrogen-bond donors (Lipinski definition) is 2. The van der Waals surface area contributed by atoms with Crippen LogP contribution in [-0.4, -0.2) is 20.2 Å². The van der Waals surface area contributed by atoms with E-state index in [-0.39, 0.29) is 0 Å². The van der Waals surface area contributed by atoms with E-state index in [1.54, 1.807) is 7.11 Å². The Bertz CT molecular complexity index is 355. The van der Waals surface area contributed by atoms with Crippen LogP contribution < -0.4 is 15.8 Å². The predicted molar refractivity (Wildman–Crippen MR) is 76.6 cm³/mol. The van der Waals surface area contributed by atoms with E-state index < -0.39 is 0 Å². The molecule has 0 aliphatic rings. The Morgan fingerprint density at radius 1 is 1.41 bits per heavy atom. The first-order valence-corrected chi connectivity index (χ1v) is 6.65. The van der Waals surface area contributed by atoms with Crippen molar-refractivity contribution in [2.24, 2.45) is 17.6 Å². The molecule has 1 aromatic carbocycles. The van der Waals surface area contributed by atoms with Crippen LogP contribution in [0.5, 0.6) is 5.75 Å². The van der Waals surface area contributed by atoms with Crippen LogP contribution in [0, 0.1) is 11.8 Å². The summed E-state index contributed by atoms with van der Waals surface area (Å²) < 4.78 is 6.35. The van der Waals surface area contributed by atoms with Gasteiger partial charge in [-0.2, -0.15) is 0 Å². The Morgan fingerprint density at radius 3 is 2.65 bits per heavy atom. The quantitative estimate of drug-likeness (QED) is 0.849. The molecule has 0 fully saturated rings. The van der Waals surface area contributed by atoms with Crippen LogP contribution in [0.25, 0.3) is 0 Å². The molecule has 3 nitrogen and oxygen atoms in total. The Balaban J connectivity index is 2.70. The van der Waals surface area contributed by atoms with Gasteiger partial charge in [-0.1, -0.05) is 29.8 Å². The fraction of sp³-hybridized carbons (Fsp3) is 0.538. The lowest BCUT2D eigenvalue weighted by molar-refractivity contribution is 0.405. The van der Waals surface area contributed by atoms with Gasteiger partial charge in [-0.25, -0.2) is 0 Å². The maximum atomic E-state index is 5.76. The Labute approximate surface area is 112 Å². The van der Waals surface area contributed by atoms with Crippen LogP contribution in [0.15, 0.2) is 22.7 Å². The number of ether oxygens (including phenoxy) is 1. The molecular weight excluding hydrogens is 280 g/mol. The van der Waals surface area contributed by atoms with Crippen molar-refractivity contribution in [1.82, 2.24) is 0 Å². The van der Waals surface area contributed by atoms with Crippen molar-refractivity contribution in [3.05, 3.63) is 22.7 Å². The van der Waals surface area contributed by atoms with Gasteiger partial charge in [0.05, 0.1) is 12.8 Å². The lowest BCUT2D eigenvalue weighted by atomic mass is 9.96. The van der Waals surface area contributed by atoms with E-state index in [9.17, 15) is 0 Å². The van der Waals surface area contributed by atoms with Gasteiger partial charge in [0.2, 0.25) is 0 Å². The van der Waals surface area contributed by atoms with Gasteiger partial charge in [-0.15, -0.1) is 0 Å². The topological polar surface area (TPSA) is 47.3 Å². The SMILES string of the molecule is COc1ccc(Br)cc1NCC(CN)C(C)C. The van der Waals surface area contributed by atoms with Crippen LogP contribution in [0.3, 0.4) is 0 Å². The van der Waals surface area contributed by atoms with E-state index >= 15 is 0 Å². The van der Waals surface area contributed by atoms with E-state index in [4.69, 9.17) is 10.5 Å². The molecule has 4 heteroatoms. The largest absolute Gasteiger partial charge is 0.495 e. The molecule has 0 aliphatic carbocycles. The molecule has 0 amide bonds. The van der Waals surface area contributed by atoms with Gasteiger partial charge < -0.3 is 15.8 Å². The van der Waals surface area contributed by atoms with Crippen LogP contribution in [0.2, 0.25) is 0 Å². The number of rotatable bonds is 6. The van der Waals surface area contributed by atoms with E-state index in [0.29, 0.717) is 18.4 Å². The van der Waals surface area contributed by atoms with Crippen LogP contribution in [0.4, 0.5) is 5.69 Å². The molecule has 1 aromatic rings. The summed E-state index contributed by atoms with van der Waals surface area (Å²) >= 11 is 3.46. The van der Waals surface area contributed by atoms with Gasteiger partial charge in [-0.3, -0.25) is 0 Å². The first-order chi connectivity index (χ1) is 8.08. The first-order valence-electron chi connectivity index (χ1n) is 5.86. The van der Waals surface area contributed by atoms with Crippen molar-refractivity contribution in [2.45, 2.75) is 13.8 Å². The molecule has 17 heavy (non-hydrogen) atoms. The molecule has 0 aliphatic heterocycles. The second-order valence-electron chi connectivity index (χ2n) is 4.47. The van der Waals surface area contributed by atoms with Crippen LogP contribution in [0.1, 0.15) is 13.8 Å². The molecule has 1 atom stereocenters. The van der Waals surface area contributed by atoms with E-state index in [1.165, 1.54) is 0 Å². The summed E-state index contributed by atoms with van der Waals surface area (Å²) in [6.07, 6.45) is 0. The summed E-state index contributed by atoms with van der Waals surface area (Å²) in [7, 11) is 1.68. The number of nitrogens with one attached hydrogen (secondary N) is 1. The molecule has 96 valence electrons. The highest BCUT2D eigenvalue weighted by Crippen LogP contribution is 2.28. The normalized spacial score (nSPS) is 12.6. The summed E-state index contributed by atoms with van der Waals surface area (Å²) in [4.78, 5) is 0. The third-order valence-electron chi connectivity index (χ3n) is 2.96. The van der Waals surface area contributed by atoms with Crippen molar-refractivity contribution < 1.29 is 4.74 Å². The summed E-state index contributed by atoms with van der Waals surface area (Å²) in [5, 5.41) is 3.40. The molecule has 1 unspecified atom stereocenters. The number of hydrogen-bond acceptors (Lipinski definition) is 3. The Morgan fingerprint density at radius 2 is 2.12 bits per heavy atom. The zero-order chi connectivity index (χ0) is 12.8. The number of anilines is 1. The average molecular weight is 301 g/mol. The standard InChI is InChI=1S/C13H21BrN2O/c1-9(2)10(7-15)8-16-12-6-11(14)4-5-13(12)17-3/h4-6,9-10,16H,7-8,15H2,1-3H3. The van der Waals surface area contributed by atoms with Gasteiger partial charge in [0.25, 0.3) is 0 Å². The van der Waals surface area contributed by atoms with Gasteiger partial charge in [-0.05, 0) is 36.6 Å². The highest BCUT2D eigenvalue weighted by Gasteiger charge is 2.12. The van der Waals surface area contributed by atoms with E-state index in [2.05, 4.69) is 35.1 Å². The fourth-order valence-corrected chi connectivity index (χ4v) is 2.01. The first kappa shape index (κ1) is 14.3. The minimum Gasteiger partial charge on any atom is -0.495 e. The second-order valence-corrected chi connectivity index (χ2v) is 5.38. The third kappa shape index (κ3) is 4.21. The molecule has 0 spiro atoms. The molecule has 0 bridgehead atoms. The van der Waals surface area contributed by atoms with Crippen molar-refractivity contribution in [1.29, 1.82) is 0 Å². The number of halogens is 1. The maximum Gasteiger partial charge on any atom is 0.142 e. The van der Waals surface area contributed by atoms with Gasteiger partial charge in [0.15, 0.2) is 0 Å². The molecule has 0 aromatic heterocycles. The minimum absolute atomic E-state index is 0.471. The van der Waals surface area contributed by atoms with E-state index in [0.717, 1.165) is 22.5 Å². The van der Waals surface area contributed by atoms with Gasteiger partial charge >= 0.3 is 0 Å². The predicted octanol–water partition coefficient (Wildman–Crippen LogP) is 3.10. The molecule has 1 rings (SSSR count). The van der Waals surface area contributed by atoms with Crippen LogP contribution in [-0.2, 0) is 0 Å².